The number of carbonyl (C=O) groups excluding carboxylic acids is 2. The van der Waals surface area contributed by atoms with Crippen LogP contribution in [0.15, 0.2) is 54.6 Å². The highest BCUT2D eigenvalue weighted by Crippen LogP contribution is 2.18. The van der Waals surface area contributed by atoms with Gasteiger partial charge in [0.2, 0.25) is 5.91 Å². The quantitative estimate of drug-likeness (QED) is 0.756. The summed E-state index contributed by atoms with van der Waals surface area (Å²) in [6, 6.07) is 17.1. The zero-order valence-electron chi connectivity index (χ0n) is 17.5. The molecule has 1 heterocycles. The molecule has 1 aliphatic heterocycles. The highest BCUT2D eigenvalue weighted by Gasteiger charge is 2.28. The van der Waals surface area contributed by atoms with Crippen molar-refractivity contribution in [3.05, 3.63) is 60.2 Å². The van der Waals surface area contributed by atoms with Crippen LogP contribution in [0.25, 0.3) is 0 Å². The van der Waals surface area contributed by atoms with E-state index >= 15 is 0 Å². The maximum absolute atomic E-state index is 12.6. The van der Waals surface area contributed by atoms with E-state index in [9.17, 15) is 9.59 Å². The van der Waals surface area contributed by atoms with Gasteiger partial charge in [0.1, 0.15) is 12.4 Å². The van der Waals surface area contributed by atoms with E-state index in [1.807, 2.05) is 61.5 Å². The molecule has 30 heavy (non-hydrogen) atoms. The Kier molecular flexibility index (Phi) is 7.68. The molecule has 3 rings (SSSR count). The first-order valence-corrected chi connectivity index (χ1v) is 10.3. The van der Waals surface area contributed by atoms with Crippen LogP contribution in [0.5, 0.6) is 5.75 Å². The van der Waals surface area contributed by atoms with Gasteiger partial charge in [0.15, 0.2) is 0 Å². The van der Waals surface area contributed by atoms with Crippen LogP contribution in [0.2, 0.25) is 0 Å². The lowest BCUT2D eigenvalue weighted by Gasteiger charge is -2.36. The molecule has 0 bridgehead atoms. The molecule has 7 nitrogen and oxygen atoms in total. The molecule has 7 heteroatoms. The largest absolute Gasteiger partial charge is 0.489 e. The molecular formula is C23H29N3O4. The minimum Gasteiger partial charge on any atom is -0.489 e. The fourth-order valence-electron chi connectivity index (χ4n) is 3.29. The van der Waals surface area contributed by atoms with E-state index in [0.29, 0.717) is 39.4 Å². The molecule has 2 aromatic carbocycles. The van der Waals surface area contributed by atoms with Crippen LogP contribution in [-0.4, -0.2) is 60.6 Å². The van der Waals surface area contributed by atoms with Crippen molar-refractivity contribution in [1.29, 1.82) is 0 Å². The summed E-state index contributed by atoms with van der Waals surface area (Å²) in [5.41, 5.74) is 1.83. The van der Waals surface area contributed by atoms with Crippen molar-refractivity contribution in [3.8, 4) is 5.75 Å². The molecule has 0 spiro atoms. The Morgan fingerprint density at radius 3 is 2.30 bits per heavy atom. The van der Waals surface area contributed by atoms with Gasteiger partial charge in [-0.25, -0.2) is 4.79 Å². The van der Waals surface area contributed by atoms with E-state index in [4.69, 9.17) is 9.47 Å². The Hall–Kier alpha value is -3.06. The van der Waals surface area contributed by atoms with E-state index in [1.54, 1.807) is 11.8 Å². The summed E-state index contributed by atoms with van der Waals surface area (Å²) in [5, 5.41) is 2.95. The molecular weight excluding hydrogens is 382 g/mol. The number of nitrogens with zero attached hydrogens (tertiary/aromatic N) is 2. The molecule has 1 N–H and O–H groups in total. The smallest absolute Gasteiger partial charge is 0.409 e. The first-order chi connectivity index (χ1) is 14.6. The summed E-state index contributed by atoms with van der Waals surface area (Å²) in [5.74, 6) is 0.678. The molecule has 160 valence electrons. The third-order valence-corrected chi connectivity index (χ3v) is 5.14. The normalized spacial score (nSPS) is 15.3. The summed E-state index contributed by atoms with van der Waals surface area (Å²) >= 11 is 0. The van der Waals surface area contributed by atoms with Crippen molar-refractivity contribution in [2.24, 2.45) is 0 Å². The molecule has 1 atom stereocenters. The predicted octanol–water partition coefficient (Wildman–Crippen LogP) is 3.37. The van der Waals surface area contributed by atoms with Crippen LogP contribution in [0.1, 0.15) is 19.4 Å². The minimum atomic E-state index is -0.289. The fraction of sp³-hybridized carbons (Fsp3) is 0.391. The van der Waals surface area contributed by atoms with Crippen LogP contribution < -0.4 is 10.1 Å². The molecule has 2 aromatic rings. The van der Waals surface area contributed by atoms with Crippen LogP contribution in [0.4, 0.5) is 10.5 Å². The minimum absolute atomic E-state index is 0.0717. The maximum Gasteiger partial charge on any atom is 0.409 e. The lowest BCUT2D eigenvalue weighted by atomic mass is 10.2. The number of ether oxygens (including phenoxy) is 2. The molecule has 0 unspecified atom stereocenters. The zero-order chi connectivity index (χ0) is 21.3. The van der Waals surface area contributed by atoms with Gasteiger partial charge in [-0.15, -0.1) is 0 Å². The standard InChI is InChI=1S/C23H29N3O4/c1-3-29-23(28)26-15-13-25(14-16-26)18(2)22(27)24-20-9-11-21(12-10-20)30-17-19-7-5-4-6-8-19/h4-12,18H,3,13-17H2,1-2H3,(H,24,27)/t18-/m1/s1. The van der Waals surface area contributed by atoms with Gasteiger partial charge in [0.05, 0.1) is 12.6 Å². The van der Waals surface area contributed by atoms with Crippen molar-refractivity contribution in [2.75, 3.05) is 38.1 Å². The molecule has 1 fully saturated rings. The van der Waals surface area contributed by atoms with Gasteiger partial charge in [0, 0.05) is 31.9 Å². The SMILES string of the molecule is CCOC(=O)N1CCN([C@H](C)C(=O)Nc2ccc(OCc3ccccc3)cc2)CC1. The number of anilines is 1. The summed E-state index contributed by atoms with van der Waals surface area (Å²) < 4.78 is 10.8. The van der Waals surface area contributed by atoms with Crippen LogP contribution >= 0.6 is 0 Å². The van der Waals surface area contributed by atoms with Crippen molar-refractivity contribution < 1.29 is 19.1 Å². The molecule has 0 radical (unpaired) electrons. The van der Waals surface area contributed by atoms with E-state index in [1.165, 1.54) is 0 Å². The first-order valence-electron chi connectivity index (χ1n) is 10.3. The Labute approximate surface area is 177 Å². The monoisotopic (exact) mass is 411 g/mol. The number of amides is 2. The average Bonchev–Trinajstić information content (AvgIpc) is 2.79. The highest BCUT2D eigenvalue weighted by atomic mass is 16.6. The molecule has 0 aliphatic carbocycles. The van der Waals surface area contributed by atoms with Crippen LogP contribution in [-0.2, 0) is 16.1 Å². The fourth-order valence-corrected chi connectivity index (χ4v) is 3.29. The summed E-state index contributed by atoms with van der Waals surface area (Å²) in [4.78, 5) is 28.2. The number of rotatable bonds is 7. The van der Waals surface area contributed by atoms with Crippen molar-refractivity contribution in [1.82, 2.24) is 9.80 Å². The number of piperazine rings is 1. The van der Waals surface area contributed by atoms with Gasteiger partial charge >= 0.3 is 6.09 Å². The van der Waals surface area contributed by atoms with Gasteiger partial charge in [-0.3, -0.25) is 9.69 Å². The van der Waals surface area contributed by atoms with E-state index < -0.39 is 0 Å². The van der Waals surface area contributed by atoms with Crippen molar-refractivity contribution in [3.63, 3.8) is 0 Å². The van der Waals surface area contributed by atoms with Gasteiger partial charge in [-0.2, -0.15) is 0 Å². The summed E-state index contributed by atoms with van der Waals surface area (Å²) in [7, 11) is 0. The van der Waals surface area contributed by atoms with E-state index in [0.717, 1.165) is 17.0 Å². The Balaban J connectivity index is 1.45. The maximum atomic E-state index is 12.6. The number of benzene rings is 2. The number of carbonyl (C=O) groups is 2. The zero-order valence-corrected chi connectivity index (χ0v) is 17.5. The second kappa shape index (κ2) is 10.6. The second-order valence-corrected chi connectivity index (χ2v) is 7.19. The lowest BCUT2D eigenvalue weighted by molar-refractivity contribution is -0.121. The third-order valence-electron chi connectivity index (χ3n) is 5.14. The average molecular weight is 412 g/mol. The molecule has 0 aromatic heterocycles. The molecule has 1 saturated heterocycles. The van der Waals surface area contributed by atoms with E-state index in [2.05, 4.69) is 10.2 Å². The molecule has 1 aliphatic rings. The number of nitrogens with one attached hydrogen (secondary N) is 1. The third kappa shape index (κ3) is 5.97. The highest BCUT2D eigenvalue weighted by molar-refractivity contribution is 5.94. The lowest BCUT2D eigenvalue weighted by Crippen LogP contribution is -2.54. The van der Waals surface area contributed by atoms with E-state index in [-0.39, 0.29) is 18.0 Å². The van der Waals surface area contributed by atoms with Gasteiger partial charge in [0.25, 0.3) is 0 Å². The molecule has 2 amide bonds. The molecule has 0 saturated carbocycles. The number of hydrogen-bond donors (Lipinski definition) is 1. The Morgan fingerprint density at radius 2 is 1.67 bits per heavy atom. The Bertz CT molecular complexity index is 818. The van der Waals surface area contributed by atoms with Crippen LogP contribution in [0.3, 0.4) is 0 Å². The van der Waals surface area contributed by atoms with Gasteiger partial charge in [-0.05, 0) is 43.7 Å². The van der Waals surface area contributed by atoms with Gasteiger partial charge < -0.3 is 19.7 Å². The van der Waals surface area contributed by atoms with Crippen molar-refractivity contribution in [2.45, 2.75) is 26.5 Å². The summed E-state index contributed by atoms with van der Waals surface area (Å²) in [6.45, 7) is 6.94. The van der Waals surface area contributed by atoms with Crippen molar-refractivity contribution >= 4 is 17.7 Å². The second-order valence-electron chi connectivity index (χ2n) is 7.19. The predicted molar refractivity (Wildman–Crippen MR) is 115 cm³/mol. The topological polar surface area (TPSA) is 71.1 Å². The first kappa shape index (κ1) is 21.6. The van der Waals surface area contributed by atoms with Crippen LogP contribution in [0, 0.1) is 0 Å². The number of hydrogen-bond acceptors (Lipinski definition) is 5. The summed E-state index contributed by atoms with van der Waals surface area (Å²) in [6.07, 6.45) is -0.288. The Morgan fingerprint density at radius 1 is 1.00 bits per heavy atom. The van der Waals surface area contributed by atoms with Gasteiger partial charge in [-0.1, -0.05) is 30.3 Å².